The van der Waals surface area contributed by atoms with Gasteiger partial charge in [-0.3, -0.25) is 0 Å². The number of amides is 2. The summed E-state index contributed by atoms with van der Waals surface area (Å²) in [6, 6.07) is 5.01. The molecule has 3 unspecified atom stereocenters. The van der Waals surface area contributed by atoms with Crippen LogP contribution in [-0.2, 0) is 10.3 Å². The van der Waals surface area contributed by atoms with Crippen molar-refractivity contribution in [2.45, 2.75) is 88.9 Å². The van der Waals surface area contributed by atoms with Gasteiger partial charge in [0.05, 0.1) is 5.60 Å². The van der Waals surface area contributed by atoms with Crippen LogP contribution in [0.15, 0.2) is 18.2 Å². The van der Waals surface area contributed by atoms with Gasteiger partial charge in [-0.1, -0.05) is 18.2 Å². The number of carbonyl (C=O) groups is 1. The lowest BCUT2D eigenvalue weighted by Crippen LogP contribution is -2.54. The topological polar surface area (TPSA) is 73.8 Å². The molecule has 0 aromatic heterocycles. The normalized spacial score (nSPS) is 24.9. The van der Waals surface area contributed by atoms with E-state index in [9.17, 15) is 14.3 Å². The SMILES string of the molecule is CNCC(CC1CCC(F)CC1)NC(=O)N1CCCC(C(O)(CCCCOC)c2cccc(C)c2F)C1. The highest BCUT2D eigenvalue weighted by molar-refractivity contribution is 5.74. The molecule has 1 aliphatic heterocycles. The third-order valence-corrected chi connectivity index (χ3v) is 8.37. The number of piperidine rings is 1. The molecule has 8 heteroatoms. The third-order valence-electron chi connectivity index (χ3n) is 8.37. The molecule has 1 aromatic rings. The van der Waals surface area contributed by atoms with E-state index in [-0.39, 0.29) is 23.8 Å². The number of likely N-dealkylation sites (N-methyl/N-ethyl adjacent to an activating group) is 1. The number of alkyl halides is 1. The summed E-state index contributed by atoms with van der Waals surface area (Å²) < 4.78 is 34.0. The van der Waals surface area contributed by atoms with Crippen LogP contribution in [0.1, 0.15) is 75.3 Å². The second-order valence-electron chi connectivity index (χ2n) is 11.2. The minimum absolute atomic E-state index is 0.0406. The molecule has 2 amide bonds. The molecule has 3 N–H and O–H groups in total. The van der Waals surface area contributed by atoms with Crippen molar-refractivity contribution in [3.8, 4) is 0 Å². The quantitative estimate of drug-likeness (QED) is 0.335. The zero-order valence-corrected chi connectivity index (χ0v) is 22.9. The molecule has 37 heavy (non-hydrogen) atoms. The number of hydrogen-bond acceptors (Lipinski definition) is 4. The van der Waals surface area contributed by atoms with Crippen LogP contribution >= 0.6 is 0 Å². The Labute approximate surface area is 221 Å². The minimum atomic E-state index is -1.36. The second kappa shape index (κ2) is 14.4. The summed E-state index contributed by atoms with van der Waals surface area (Å²) in [4.78, 5) is 15.1. The molecule has 2 fully saturated rings. The number of hydrogen-bond donors (Lipinski definition) is 3. The van der Waals surface area contributed by atoms with E-state index in [2.05, 4.69) is 10.6 Å². The van der Waals surface area contributed by atoms with Crippen LogP contribution in [-0.4, -0.2) is 68.6 Å². The molecule has 2 aliphatic rings. The van der Waals surface area contributed by atoms with E-state index in [1.807, 2.05) is 7.05 Å². The number of unbranched alkanes of at least 4 members (excludes halogenated alkanes) is 1. The molecule has 0 radical (unpaired) electrons. The fraction of sp³-hybridized carbons (Fsp3) is 0.759. The standard InChI is InChI=1S/C29H47F2N3O3/c1-21-8-6-10-26(27(21)31)29(36,15-4-5-17-37-3)23-9-7-16-34(20-23)28(35)33-25(19-32-2)18-22-11-13-24(30)14-12-22/h6,8,10,22-25,32,36H,4-5,7,9,11-20H2,1-3H3,(H,33,35). The average molecular weight is 524 g/mol. The number of rotatable bonds is 12. The maximum atomic E-state index is 15.3. The monoisotopic (exact) mass is 523 g/mol. The number of aryl methyl sites for hydroxylation is 1. The molecule has 0 bridgehead atoms. The highest BCUT2D eigenvalue weighted by Crippen LogP contribution is 2.41. The zero-order chi connectivity index (χ0) is 26.8. The van der Waals surface area contributed by atoms with Crippen LogP contribution < -0.4 is 10.6 Å². The lowest BCUT2D eigenvalue weighted by molar-refractivity contribution is -0.0588. The Bertz CT molecular complexity index is 850. The van der Waals surface area contributed by atoms with Gasteiger partial charge in [0.25, 0.3) is 0 Å². The molecule has 1 aromatic carbocycles. The number of nitrogens with zero attached hydrogens (tertiary/aromatic N) is 1. The number of ether oxygens (including phenoxy) is 1. The second-order valence-corrected chi connectivity index (χ2v) is 11.2. The highest BCUT2D eigenvalue weighted by Gasteiger charge is 2.43. The maximum Gasteiger partial charge on any atom is 0.317 e. The molecule has 3 atom stereocenters. The van der Waals surface area contributed by atoms with Crippen molar-refractivity contribution >= 4 is 6.03 Å². The molecule has 1 saturated carbocycles. The number of halogens is 2. The summed E-state index contributed by atoms with van der Waals surface area (Å²) in [5, 5.41) is 18.4. The van der Waals surface area contributed by atoms with Gasteiger partial charge in [-0.15, -0.1) is 0 Å². The van der Waals surface area contributed by atoms with Gasteiger partial charge in [0, 0.05) is 50.9 Å². The van der Waals surface area contributed by atoms with E-state index in [0.29, 0.717) is 69.0 Å². The molecule has 1 aliphatic carbocycles. The predicted molar refractivity (Wildman–Crippen MR) is 143 cm³/mol. The van der Waals surface area contributed by atoms with Gasteiger partial charge in [-0.05, 0) is 89.7 Å². The van der Waals surface area contributed by atoms with E-state index >= 15 is 4.39 Å². The summed E-state index contributed by atoms with van der Waals surface area (Å²) in [6.45, 7) is 3.94. The first-order valence-corrected chi connectivity index (χ1v) is 14.1. The van der Waals surface area contributed by atoms with Crippen molar-refractivity contribution in [2.75, 3.05) is 40.4 Å². The number of nitrogens with one attached hydrogen (secondary N) is 2. The molecule has 3 rings (SSSR count). The van der Waals surface area contributed by atoms with Gasteiger partial charge in [0.2, 0.25) is 0 Å². The van der Waals surface area contributed by atoms with Gasteiger partial charge >= 0.3 is 6.03 Å². The van der Waals surface area contributed by atoms with Crippen molar-refractivity contribution in [3.63, 3.8) is 0 Å². The molecule has 6 nitrogen and oxygen atoms in total. The number of likely N-dealkylation sites (tertiary alicyclic amines) is 1. The number of urea groups is 1. The van der Waals surface area contributed by atoms with Crippen LogP contribution in [0.3, 0.4) is 0 Å². The largest absolute Gasteiger partial charge is 0.385 e. The van der Waals surface area contributed by atoms with Crippen LogP contribution in [0, 0.1) is 24.6 Å². The Kier molecular flexibility index (Phi) is 11.6. The smallest absolute Gasteiger partial charge is 0.317 e. The van der Waals surface area contributed by atoms with Gasteiger partial charge < -0.3 is 25.4 Å². The molecular weight excluding hydrogens is 476 g/mol. The van der Waals surface area contributed by atoms with E-state index in [1.165, 1.54) is 0 Å². The number of carbonyl (C=O) groups excluding carboxylic acids is 1. The van der Waals surface area contributed by atoms with Crippen LogP contribution in [0.25, 0.3) is 0 Å². The zero-order valence-electron chi connectivity index (χ0n) is 22.9. The Hall–Kier alpha value is -1.77. The van der Waals surface area contributed by atoms with Crippen molar-refractivity contribution in [2.24, 2.45) is 11.8 Å². The van der Waals surface area contributed by atoms with Crippen molar-refractivity contribution in [1.82, 2.24) is 15.5 Å². The molecular formula is C29H47F2N3O3. The first-order valence-electron chi connectivity index (χ1n) is 14.1. The number of aliphatic hydroxyl groups is 1. The van der Waals surface area contributed by atoms with Gasteiger partial charge in [-0.25, -0.2) is 13.6 Å². The van der Waals surface area contributed by atoms with Gasteiger partial charge in [0.15, 0.2) is 0 Å². The first kappa shape index (κ1) is 29.8. The molecule has 1 saturated heterocycles. The Morgan fingerprint density at radius 1 is 1.24 bits per heavy atom. The first-order chi connectivity index (χ1) is 17.8. The summed E-state index contributed by atoms with van der Waals surface area (Å²) >= 11 is 0. The third kappa shape index (κ3) is 8.11. The molecule has 0 spiro atoms. The summed E-state index contributed by atoms with van der Waals surface area (Å²) in [7, 11) is 3.52. The predicted octanol–water partition coefficient (Wildman–Crippen LogP) is 5.07. The molecule has 1 heterocycles. The van der Waals surface area contributed by atoms with Gasteiger partial charge in [-0.2, -0.15) is 0 Å². The lowest BCUT2D eigenvalue weighted by atomic mass is 9.73. The van der Waals surface area contributed by atoms with Crippen molar-refractivity contribution < 1.29 is 23.4 Å². The fourth-order valence-electron chi connectivity index (χ4n) is 6.20. The number of benzene rings is 1. The minimum Gasteiger partial charge on any atom is -0.385 e. The van der Waals surface area contributed by atoms with Crippen LogP contribution in [0.5, 0.6) is 0 Å². The Morgan fingerprint density at radius 2 is 2.00 bits per heavy atom. The maximum absolute atomic E-state index is 15.3. The van der Waals surface area contributed by atoms with Crippen LogP contribution in [0.4, 0.5) is 13.6 Å². The van der Waals surface area contributed by atoms with E-state index < -0.39 is 11.8 Å². The van der Waals surface area contributed by atoms with Crippen LogP contribution in [0.2, 0.25) is 0 Å². The van der Waals surface area contributed by atoms with Crippen molar-refractivity contribution in [3.05, 3.63) is 35.1 Å². The fourth-order valence-corrected chi connectivity index (χ4v) is 6.20. The lowest BCUT2D eigenvalue weighted by Gasteiger charge is -2.43. The highest BCUT2D eigenvalue weighted by atomic mass is 19.1. The van der Waals surface area contributed by atoms with Gasteiger partial charge in [0.1, 0.15) is 12.0 Å². The van der Waals surface area contributed by atoms with E-state index in [4.69, 9.17) is 4.74 Å². The summed E-state index contributed by atoms with van der Waals surface area (Å²) in [5.74, 6) is -0.218. The Morgan fingerprint density at radius 3 is 2.70 bits per heavy atom. The Balaban J connectivity index is 1.70. The molecule has 210 valence electrons. The van der Waals surface area contributed by atoms with E-state index in [1.54, 1.807) is 37.1 Å². The summed E-state index contributed by atoms with van der Waals surface area (Å²) in [6.07, 6.45) is 6.45. The average Bonchev–Trinajstić information content (AvgIpc) is 2.89. The van der Waals surface area contributed by atoms with E-state index in [0.717, 1.165) is 38.5 Å². The summed E-state index contributed by atoms with van der Waals surface area (Å²) in [5.41, 5.74) is -0.526. The number of methoxy groups -OCH3 is 1. The van der Waals surface area contributed by atoms with Crippen molar-refractivity contribution in [1.29, 1.82) is 0 Å².